The molecule has 74 valence electrons. The number of hydrogen-bond acceptors (Lipinski definition) is 2. The Kier molecular flexibility index (Phi) is 2.81. The molecule has 1 aromatic rings. The van der Waals surface area contributed by atoms with Gasteiger partial charge in [-0.2, -0.15) is 0 Å². The first-order valence-electron chi connectivity index (χ1n) is 3.88. The van der Waals surface area contributed by atoms with Crippen LogP contribution < -0.4 is 11.1 Å². The van der Waals surface area contributed by atoms with Crippen molar-refractivity contribution in [3.05, 3.63) is 35.1 Å². The first-order valence-corrected chi connectivity index (χ1v) is 3.88. The Balaban J connectivity index is 3.35. The molecule has 2 amide bonds. The molecule has 14 heavy (non-hydrogen) atoms. The lowest BCUT2D eigenvalue weighted by molar-refractivity contribution is 0.0941. The molecule has 0 aliphatic rings. The van der Waals surface area contributed by atoms with Crippen LogP contribution in [0.2, 0.25) is 0 Å². The predicted molar refractivity (Wildman–Crippen MR) is 48.3 cm³/mol. The fourth-order valence-corrected chi connectivity index (χ4v) is 1.10. The summed E-state index contributed by atoms with van der Waals surface area (Å²) >= 11 is 0. The lowest BCUT2D eigenvalue weighted by atomic mass is 10.1. The molecule has 0 unspecified atom stereocenters. The SMILES string of the molecule is CNC(=O)c1cccc(F)c1C(N)=O. The minimum Gasteiger partial charge on any atom is -0.365 e. The van der Waals surface area contributed by atoms with Crippen LogP contribution in [0.4, 0.5) is 4.39 Å². The minimum atomic E-state index is -0.957. The van der Waals surface area contributed by atoms with Crippen molar-refractivity contribution in [2.45, 2.75) is 0 Å². The Labute approximate surface area is 79.9 Å². The largest absolute Gasteiger partial charge is 0.365 e. The first kappa shape index (κ1) is 10.2. The number of carbonyl (C=O) groups excluding carboxylic acids is 2. The highest BCUT2D eigenvalue weighted by atomic mass is 19.1. The number of rotatable bonds is 2. The molecule has 0 fully saturated rings. The van der Waals surface area contributed by atoms with Crippen molar-refractivity contribution in [1.29, 1.82) is 0 Å². The van der Waals surface area contributed by atoms with Crippen molar-refractivity contribution >= 4 is 11.8 Å². The quantitative estimate of drug-likeness (QED) is 0.713. The average molecular weight is 196 g/mol. The molecule has 0 atom stereocenters. The summed E-state index contributed by atoms with van der Waals surface area (Å²) < 4.78 is 13.1. The van der Waals surface area contributed by atoms with Gasteiger partial charge in [0.25, 0.3) is 11.8 Å². The maximum Gasteiger partial charge on any atom is 0.252 e. The van der Waals surface area contributed by atoms with E-state index in [1.54, 1.807) is 0 Å². The fraction of sp³-hybridized carbons (Fsp3) is 0.111. The lowest BCUT2D eigenvalue weighted by Gasteiger charge is -2.05. The number of benzene rings is 1. The van der Waals surface area contributed by atoms with Crippen molar-refractivity contribution in [3.8, 4) is 0 Å². The van der Waals surface area contributed by atoms with Crippen LogP contribution in [0.25, 0.3) is 0 Å². The third-order valence-electron chi connectivity index (χ3n) is 1.73. The third kappa shape index (κ3) is 1.71. The zero-order valence-electron chi connectivity index (χ0n) is 7.50. The highest BCUT2D eigenvalue weighted by Crippen LogP contribution is 2.12. The molecule has 3 N–H and O–H groups in total. The number of halogens is 1. The van der Waals surface area contributed by atoms with Crippen molar-refractivity contribution in [3.63, 3.8) is 0 Å². The fourth-order valence-electron chi connectivity index (χ4n) is 1.10. The summed E-state index contributed by atoms with van der Waals surface area (Å²) in [5.74, 6) is -2.29. The third-order valence-corrected chi connectivity index (χ3v) is 1.73. The van der Waals surface area contributed by atoms with Gasteiger partial charge in [0, 0.05) is 7.05 Å². The van der Waals surface area contributed by atoms with Gasteiger partial charge in [0.15, 0.2) is 0 Å². The molecule has 0 aliphatic carbocycles. The summed E-state index contributed by atoms with van der Waals surface area (Å²) in [4.78, 5) is 22.1. The van der Waals surface area contributed by atoms with Crippen molar-refractivity contribution < 1.29 is 14.0 Å². The molecule has 5 heteroatoms. The number of hydrogen-bond donors (Lipinski definition) is 2. The Morgan fingerprint density at radius 3 is 2.57 bits per heavy atom. The summed E-state index contributed by atoms with van der Waals surface area (Å²) in [6.45, 7) is 0. The number of nitrogens with one attached hydrogen (secondary N) is 1. The van der Waals surface area contributed by atoms with Crippen LogP contribution in [0.15, 0.2) is 18.2 Å². The van der Waals surface area contributed by atoms with Gasteiger partial charge in [-0.1, -0.05) is 6.07 Å². The van der Waals surface area contributed by atoms with Crippen molar-refractivity contribution in [2.75, 3.05) is 7.05 Å². The molecule has 1 rings (SSSR count). The van der Waals surface area contributed by atoms with Gasteiger partial charge in [-0.15, -0.1) is 0 Å². The molecule has 0 saturated carbocycles. The molecule has 0 aromatic heterocycles. The van der Waals surface area contributed by atoms with Crippen molar-refractivity contribution in [1.82, 2.24) is 5.32 Å². The van der Waals surface area contributed by atoms with Crippen LogP contribution in [0, 0.1) is 5.82 Å². The van der Waals surface area contributed by atoms with Gasteiger partial charge in [0.2, 0.25) is 0 Å². The zero-order valence-corrected chi connectivity index (χ0v) is 7.50. The summed E-state index contributed by atoms with van der Waals surface area (Å²) in [5, 5.41) is 2.29. The molecule has 0 heterocycles. The molecule has 0 saturated heterocycles. The number of primary amides is 1. The maximum atomic E-state index is 13.1. The molecular formula is C9H9FN2O2. The average Bonchev–Trinajstić information content (AvgIpc) is 2.15. The monoisotopic (exact) mass is 196 g/mol. The van der Waals surface area contributed by atoms with E-state index in [4.69, 9.17) is 5.73 Å². The van der Waals surface area contributed by atoms with Gasteiger partial charge in [-0.3, -0.25) is 9.59 Å². The lowest BCUT2D eigenvalue weighted by Crippen LogP contribution is -2.24. The number of carbonyl (C=O) groups is 2. The molecule has 0 bridgehead atoms. The zero-order chi connectivity index (χ0) is 10.7. The van der Waals surface area contributed by atoms with E-state index in [-0.39, 0.29) is 11.1 Å². The van der Waals surface area contributed by atoms with E-state index in [0.29, 0.717) is 0 Å². The summed E-state index contributed by atoms with van der Waals surface area (Å²) in [5.41, 5.74) is 4.51. The normalized spacial score (nSPS) is 9.57. The van der Waals surface area contributed by atoms with Gasteiger partial charge in [-0.05, 0) is 12.1 Å². The smallest absolute Gasteiger partial charge is 0.252 e. The molecular weight excluding hydrogens is 187 g/mol. The van der Waals surface area contributed by atoms with E-state index < -0.39 is 17.6 Å². The van der Waals surface area contributed by atoms with Gasteiger partial charge < -0.3 is 11.1 Å². The van der Waals surface area contributed by atoms with E-state index in [1.807, 2.05) is 0 Å². The van der Waals surface area contributed by atoms with Gasteiger partial charge in [0.1, 0.15) is 5.82 Å². The Morgan fingerprint density at radius 2 is 2.07 bits per heavy atom. The first-order chi connectivity index (χ1) is 6.57. The van der Waals surface area contributed by atoms with E-state index in [9.17, 15) is 14.0 Å². The van der Waals surface area contributed by atoms with Crippen LogP contribution in [0.5, 0.6) is 0 Å². The topological polar surface area (TPSA) is 72.2 Å². The molecule has 0 radical (unpaired) electrons. The molecule has 4 nitrogen and oxygen atoms in total. The highest BCUT2D eigenvalue weighted by Gasteiger charge is 2.17. The Bertz CT molecular complexity index is 390. The Hall–Kier alpha value is -1.91. The predicted octanol–water partition coefficient (Wildman–Crippen LogP) is 0.284. The molecule has 0 aliphatic heterocycles. The molecule has 0 spiro atoms. The van der Waals surface area contributed by atoms with Crippen LogP contribution >= 0.6 is 0 Å². The number of amides is 2. The summed E-state index contributed by atoms with van der Waals surface area (Å²) in [6, 6.07) is 3.75. The Morgan fingerprint density at radius 1 is 1.43 bits per heavy atom. The second kappa shape index (κ2) is 3.87. The summed E-state index contributed by atoms with van der Waals surface area (Å²) in [6.07, 6.45) is 0. The molecule has 1 aromatic carbocycles. The maximum absolute atomic E-state index is 13.1. The minimum absolute atomic E-state index is 0.0556. The standard InChI is InChI=1S/C9H9FN2O2/c1-12-9(14)5-3-2-4-6(10)7(5)8(11)13/h2-4H,1H3,(H2,11,13)(H,12,14). The summed E-state index contributed by atoms with van der Waals surface area (Å²) in [7, 11) is 1.39. The van der Waals surface area contributed by atoms with Gasteiger partial charge in [-0.25, -0.2) is 4.39 Å². The van der Waals surface area contributed by atoms with E-state index >= 15 is 0 Å². The number of nitrogens with two attached hydrogens (primary N) is 1. The highest BCUT2D eigenvalue weighted by molar-refractivity contribution is 6.06. The van der Waals surface area contributed by atoms with E-state index in [0.717, 1.165) is 6.07 Å². The van der Waals surface area contributed by atoms with Crippen LogP contribution in [-0.4, -0.2) is 18.9 Å². The second-order valence-corrected chi connectivity index (χ2v) is 2.61. The van der Waals surface area contributed by atoms with Crippen LogP contribution in [0.1, 0.15) is 20.7 Å². The van der Waals surface area contributed by atoms with E-state index in [2.05, 4.69) is 5.32 Å². The van der Waals surface area contributed by atoms with Gasteiger partial charge >= 0.3 is 0 Å². The van der Waals surface area contributed by atoms with E-state index in [1.165, 1.54) is 19.2 Å². The van der Waals surface area contributed by atoms with Crippen molar-refractivity contribution in [2.24, 2.45) is 5.73 Å². The second-order valence-electron chi connectivity index (χ2n) is 2.61. The van der Waals surface area contributed by atoms with Crippen LogP contribution in [-0.2, 0) is 0 Å². The van der Waals surface area contributed by atoms with Crippen LogP contribution in [0.3, 0.4) is 0 Å². The van der Waals surface area contributed by atoms with Gasteiger partial charge in [0.05, 0.1) is 11.1 Å².